The van der Waals surface area contributed by atoms with Crippen molar-refractivity contribution in [1.82, 2.24) is 0 Å². The van der Waals surface area contributed by atoms with E-state index in [1.807, 2.05) is 0 Å². The first-order valence-corrected chi connectivity index (χ1v) is 5.35. The highest BCUT2D eigenvalue weighted by molar-refractivity contribution is 5.01. The van der Waals surface area contributed by atoms with Gasteiger partial charge in [-0.1, -0.05) is 20.3 Å². The first kappa shape index (κ1) is 8.55. The van der Waals surface area contributed by atoms with Crippen molar-refractivity contribution < 1.29 is 5.11 Å². The molecule has 1 nitrogen and oxygen atoms in total. The van der Waals surface area contributed by atoms with E-state index in [1.165, 1.54) is 25.7 Å². The molecule has 70 valence electrons. The molecule has 0 radical (unpaired) electrons. The normalized spacial score (nSPS) is 47.0. The topological polar surface area (TPSA) is 20.2 Å². The van der Waals surface area contributed by atoms with Gasteiger partial charge in [0.2, 0.25) is 0 Å². The molecule has 0 saturated heterocycles. The summed E-state index contributed by atoms with van der Waals surface area (Å²) < 4.78 is 0. The van der Waals surface area contributed by atoms with Crippen LogP contribution in [0.3, 0.4) is 0 Å². The second kappa shape index (κ2) is 2.73. The Morgan fingerprint density at radius 1 is 1.25 bits per heavy atom. The van der Waals surface area contributed by atoms with E-state index in [-0.39, 0.29) is 6.10 Å². The Morgan fingerprint density at radius 3 is 2.58 bits per heavy atom. The molecule has 0 aliphatic heterocycles. The maximum atomic E-state index is 9.81. The van der Waals surface area contributed by atoms with Crippen molar-refractivity contribution in [2.24, 2.45) is 17.3 Å². The van der Waals surface area contributed by atoms with Crippen LogP contribution in [-0.2, 0) is 0 Å². The van der Waals surface area contributed by atoms with E-state index in [1.54, 1.807) is 0 Å². The van der Waals surface area contributed by atoms with Crippen LogP contribution in [0.25, 0.3) is 0 Å². The minimum atomic E-state index is 0.0231. The zero-order valence-corrected chi connectivity index (χ0v) is 8.21. The lowest BCUT2D eigenvalue weighted by atomic mass is 9.71. The van der Waals surface area contributed by atoms with Gasteiger partial charge < -0.3 is 5.11 Å². The van der Waals surface area contributed by atoms with Gasteiger partial charge in [0, 0.05) is 0 Å². The minimum Gasteiger partial charge on any atom is -0.393 e. The monoisotopic (exact) mass is 168 g/mol. The molecule has 1 heteroatoms. The molecule has 0 aromatic heterocycles. The summed E-state index contributed by atoms with van der Waals surface area (Å²) in [6, 6.07) is 0. The van der Waals surface area contributed by atoms with Gasteiger partial charge in [0.25, 0.3) is 0 Å². The van der Waals surface area contributed by atoms with Crippen LogP contribution in [0.15, 0.2) is 0 Å². The summed E-state index contributed by atoms with van der Waals surface area (Å²) in [6.45, 7) is 4.66. The maximum absolute atomic E-state index is 9.81. The molecule has 0 spiro atoms. The molecule has 0 amide bonds. The fourth-order valence-corrected chi connectivity index (χ4v) is 3.63. The molecular weight excluding hydrogens is 148 g/mol. The largest absolute Gasteiger partial charge is 0.393 e. The van der Waals surface area contributed by atoms with Crippen LogP contribution in [0.2, 0.25) is 0 Å². The molecule has 2 aliphatic carbocycles. The standard InChI is InChI=1S/C11H20O/c1-8(2)11-6-3-4-9(11)10(12)5-7-11/h8-10,12H,3-7H2,1-2H3. The van der Waals surface area contributed by atoms with Crippen LogP contribution in [0.4, 0.5) is 0 Å². The van der Waals surface area contributed by atoms with Crippen molar-refractivity contribution in [2.45, 2.75) is 52.1 Å². The van der Waals surface area contributed by atoms with Crippen LogP contribution < -0.4 is 0 Å². The summed E-state index contributed by atoms with van der Waals surface area (Å²) in [6.07, 6.45) is 6.35. The maximum Gasteiger partial charge on any atom is 0.0574 e. The summed E-state index contributed by atoms with van der Waals surface area (Å²) in [5, 5.41) is 9.81. The molecule has 0 heterocycles. The first-order chi connectivity index (χ1) is 5.67. The van der Waals surface area contributed by atoms with Crippen molar-refractivity contribution in [3.05, 3.63) is 0 Å². The van der Waals surface area contributed by atoms with E-state index in [0.29, 0.717) is 11.3 Å². The SMILES string of the molecule is CC(C)C12CCCC1C(O)CC2. The van der Waals surface area contributed by atoms with E-state index in [9.17, 15) is 5.11 Å². The Kier molecular flexibility index (Phi) is 1.95. The summed E-state index contributed by atoms with van der Waals surface area (Å²) >= 11 is 0. The molecule has 0 aromatic carbocycles. The predicted octanol–water partition coefficient (Wildman–Crippen LogP) is 2.58. The van der Waals surface area contributed by atoms with Crippen LogP contribution in [0, 0.1) is 17.3 Å². The van der Waals surface area contributed by atoms with Crippen LogP contribution in [0.5, 0.6) is 0 Å². The molecule has 2 rings (SSSR count). The van der Waals surface area contributed by atoms with Gasteiger partial charge in [-0.15, -0.1) is 0 Å². The average Bonchev–Trinajstić information content (AvgIpc) is 2.53. The minimum absolute atomic E-state index is 0.0231. The highest BCUT2D eigenvalue weighted by Crippen LogP contribution is 2.58. The summed E-state index contributed by atoms with van der Waals surface area (Å²) in [5.74, 6) is 1.40. The van der Waals surface area contributed by atoms with E-state index >= 15 is 0 Å². The number of fused-ring (bicyclic) bond motifs is 1. The average molecular weight is 168 g/mol. The lowest BCUT2D eigenvalue weighted by Crippen LogP contribution is -2.30. The molecule has 0 bridgehead atoms. The predicted molar refractivity (Wildman–Crippen MR) is 49.9 cm³/mol. The quantitative estimate of drug-likeness (QED) is 0.638. The Hall–Kier alpha value is -0.0400. The third-order valence-corrected chi connectivity index (χ3v) is 4.42. The zero-order chi connectivity index (χ0) is 8.77. The van der Waals surface area contributed by atoms with Gasteiger partial charge in [-0.25, -0.2) is 0 Å². The molecule has 0 aromatic rings. The Morgan fingerprint density at radius 2 is 2.00 bits per heavy atom. The first-order valence-electron chi connectivity index (χ1n) is 5.35. The number of hydrogen-bond acceptors (Lipinski definition) is 1. The van der Waals surface area contributed by atoms with Gasteiger partial charge in [-0.05, 0) is 42.9 Å². The van der Waals surface area contributed by atoms with Crippen molar-refractivity contribution in [1.29, 1.82) is 0 Å². The van der Waals surface area contributed by atoms with Crippen molar-refractivity contribution in [3.8, 4) is 0 Å². The highest BCUT2D eigenvalue weighted by Gasteiger charge is 2.51. The molecule has 2 aliphatic rings. The van der Waals surface area contributed by atoms with E-state index in [4.69, 9.17) is 0 Å². The van der Waals surface area contributed by atoms with E-state index in [0.717, 1.165) is 12.3 Å². The summed E-state index contributed by atoms with van der Waals surface area (Å²) in [4.78, 5) is 0. The third-order valence-electron chi connectivity index (χ3n) is 4.42. The van der Waals surface area contributed by atoms with Crippen molar-refractivity contribution in [3.63, 3.8) is 0 Å². The molecule has 2 fully saturated rings. The van der Waals surface area contributed by atoms with E-state index < -0.39 is 0 Å². The van der Waals surface area contributed by atoms with Crippen molar-refractivity contribution >= 4 is 0 Å². The lowest BCUT2D eigenvalue weighted by molar-refractivity contribution is 0.0720. The van der Waals surface area contributed by atoms with Gasteiger partial charge in [0.1, 0.15) is 0 Å². The Bertz CT molecular complexity index is 176. The number of rotatable bonds is 1. The molecule has 3 unspecified atom stereocenters. The fraction of sp³-hybridized carbons (Fsp3) is 1.00. The lowest BCUT2D eigenvalue weighted by Gasteiger charge is -2.34. The molecular formula is C11H20O. The van der Waals surface area contributed by atoms with E-state index in [2.05, 4.69) is 13.8 Å². The number of aliphatic hydroxyl groups is 1. The third kappa shape index (κ3) is 0.953. The fourth-order valence-electron chi connectivity index (χ4n) is 3.63. The molecule has 2 saturated carbocycles. The summed E-state index contributed by atoms with van der Waals surface area (Å²) in [5.41, 5.74) is 0.527. The summed E-state index contributed by atoms with van der Waals surface area (Å²) in [7, 11) is 0. The second-order valence-corrected chi connectivity index (χ2v) is 4.99. The second-order valence-electron chi connectivity index (χ2n) is 4.99. The highest BCUT2D eigenvalue weighted by atomic mass is 16.3. The van der Waals surface area contributed by atoms with Crippen LogP contribution >= 0.6 is 0 Å². The smallest absolute Gasteiger partial charge is 0.0574 e. The van der Waals surface area contributed by atoms with Gasteiger partial charge >= 0.3 is 0 Å². The van der Waals surface area contributed by atoms with Crippen LogP contribution in [-0.4, -0.2) is 11.2 Å². The van der Waals surface area contributed by atoms with Gasteiger partial charge in [0.15, 0.2) is 0 Å². The van der Waals surface area contributed by atoms with Crippen LogP contribution in [0.1, 0.15) is 46.0 Å². The number of aliphatic hydroxyl groups excluding tert-OH is 1. The zero-order valence-electron chi connectivity index (χ0n) is 8.21. The van der Waals surface area contributed by atoms with Gasteiger partial charge in [-0.2, -0.15) is 0 Å². The number of hydrogen-bond donors (Lipinski definition) is 1. The Labute approximate surface area is 75.2 Å². The Balaban J connectivity index is 2.23. The molecule has 3 atom stereocenters. The van der Waals surface area contributed by atoms with Crippen molar-refractivity contribution in [2.75, 3.05) is 0 Å². The van der Waals surface area contributed by atoms with Gasteiger partial charge in [-0.3, -0.25) is 0 Å². The molecule has 12 heavy (non-hydrogen) atoms. The molecule has 1 N–H and O–H groups in total. The van der Waals surface area contributed by atoms with Gasteiger partial charge in [0.05, 0.1) is 6.10 Å².